The van der Waals surface area contributed by atoms with Gasteiger partial charge in [-0.3, -0.25) is 4.79 Å². The minimum absolute atomic E-state index is 0.0634. The molecule has 0 aliphatic heterocycles. The van der Waals surface area contributed by atoms with Crippen molar-refractivity contribution in [3.8, 4) is 23.3 Å². The average Bonchev–Trinajstić information content (AvgIpc) is 2.69. The summed E-state index contributed by atoms with van der Waals surface area (Å²) in [6.45, 7) is -3.10. The maximum absolute atomic E-state index is 12.6. The van der Waals surface area contributed by atoms with Crippen LogP contribution in [0.1, 0.15) is 5.56 Å². The summed E-state index contributed by atoms with van der Waals surface area (Å²) in [6, 6.07) is 9.04. The van der Waals surface area contributed by atoms with Crippen molar-refractivity contribution in [1.82, 2.24) is 0 Å². The van der Waals surface area contributed by atoms with Crippen LogP contribution < -0.4 is 19.5 Å². The van der Waals surface area contributed by atoms with Crippen LogP contribution in [0, 0.1) is 11.3 Å². The summed E-state index contributed by atoms with van der Waals surface area (Å²) in [4.78, 5) is 12.4. The molecule has 10 heteroatoms. The van der Waals surface area contributed by atoms with E-state index in [1.807, 2.05) is 0 Å². The van der Waals surface area contributed by atoms with Gasteiger partial charge in [-0.2, -0.15) is 14.0 Å². The van der Waals surface area contributed by atoms with Gasteiger partial charge in [0.1, 0.15) is 11.6 Å². The van der Waals surface area contributed by atoms with Crippen LogP contribution in [0.4, 0.5) is 14.5 Å². The molecule has 1 N–H and O–H groups in total. The van der Waals surface area contributed by atoms with Gasteiger partial charge in [0.05, 0.1) is 30.0 Å². The summed E-state index contributed by atoms with van der Waals surface area (Å²) in [6.07, 6.45) is 1.23. The number of methoxy groups -OCH3 is 2. The number of nitriles is 1. The third-order valence-corrected chi connectivity index (χ3v) is 4.38. The molecule has 0 atom stereocenters. The van der Waals surface area contributed by atoms with Crippen molar-refractivity contribution >= 4 is 40.9 Å². The zero-order chi connectivity index (χ0) is 21.6. The fourth-order valence-electron chi connectivity index (χ4n) is 2.29. The third-order valence-electron chi connectivity index (χ3n) is 3.57. The highest BCUT2D eigenvalue weighted by Crippen LogP contribution is 2.40. The topological polar surface area (TPSA) is 80.6 Å². The average molecular weight is 443 g/mol. The second-order valence-corrected chi connectivity index (χ2v) is 6.14. The van der Waals surface area contributed by atoms with E-state index in [0.29, 0.717) is 0 Å². The lowest BCUT2D eigenvalue weighted by atomic mass is 10.1. The van der Waals surface area contributed by atoms with E-state index in [-0.39, 0.29) is 44.1 Å². The predicted octanol–water partition coefficient (Wildman–Crippen LogP) is 5.16. The van der Waals surface area contributed by atoms with Gasteiger partial charge in [-0.05, 0) is 35.9 Å². The van der Waals surface area contributed by atoms with Crippen LogP contribution in [0.3, 0.4) is 0 Å². The van der Waals surface area contributed by atoms with Crippen LogP contribution in [0.2, 0.25) is 10.0 Å². The minimum Gasteiger partial charge on any atom is -0.493 e. The standard InChI is InChI=1S/C19H14Cl2F2N2O4/c1-27-14-7-10(8-15(28-2)17(14)29-19(22)23)6-11(9-24)18(26)25-13-5-3-4-12(20)16(13)21/h3-8,19H,1-2H3,(H,25,26)/b11-6+. The van der Waals surface area contributed by atoms with E-state index in [4.69, 9.17) is 32.7 Å². The summed E-state index contributed by atoms with van der Waals surface area (Å²) < 4.78 is 39.8. The molecule has 0 aliphatic carbocycles. The molecule has 2 rings (SSSR count). The zero-order valence-electron chi connectivity index (χ0n) is 15.1. The van der Waals surface area contributed by atoms with Crippen LogP contribution in [-0.4, -0.2) is 26.7 Å². The highest BCUT2D eigenvalue weighted by Gasteiger charge is 2.19. The van der Waals surface area contributed by atoms with Crippen molar-refractivity contribution in [1.29, 1.82) is 5.26 Å². The number of hydrogen-bond acceptors (Lipinski definition) is 5. The van der Waals surface area contributed by atoms with E-state index >= 15 is 0 Å². The van der Waals surface area contributed by atoms with Gasteiger partial charge in [0, 0.05) is 0 Å². The normalized spacial score (nSPS) is 11.0. The molecule has 0 spiro atoms. The number of rotatable bonds is 7. The molecule has 0 unspecified atom stereocenters. The number of carbonyl (C=O) groups is 1. The largest absolute Gasteiger partial charge is 0.493 e. The van der Waals surface area contributed by atoms with Crippen LogP contribution in [0.5, 0.6) is 17.2 Å². The Morgan fingerprint density at radius 2 is 1.83 bits per heavy atom. The van der Waals surface area contributed by atoms with Crippen molar-refractivity contribution in [3.05, 3.63) is 51.5 Å². The van der Waals surface area contributed by atoms with Crippen LogP contribution in [-0.2, 0) is 4.79 Å². The quantitative estimate of drug-likeness (QED) is 0.473. The van der Waals surface area contributed by atoms with E-state index in [1.165, 1.54) is 38.5 Å². The summed E-state index contributed by atoms with van der Waals surface area (Å²) in [5, 5.41) is 12.2. The third kappa shape index (κ3) is 5.50. The molecule has 0 aliphatic rings. The molecule has 0 bridgehead atoms. The summed E-state index contributed by atoms with van der Waals surface area (Å²) >= 11 is 11.9. The Labute approximate surface area is 175 Å². The van der Waals surface area contributed by atoms with Gasteiger partial charge in [-0.25, -0.2) is 0 Å². The molecule has 2 aromatic carbocycles. The number of nitrogens with one attached hydrogen (secondary N) is 1. The Kier molecular flexibility index (Phi) is 7.65. The number of nitrogens with zero attached hydrogens (tertiary/aromatic N) is 1. The summed E-state index contributed by atoms with van der Waals surface area (Å²) in [5.41, 5.74) is 0.220. The fourth-order valence-corrected chi connectivity index (χ4v) is 2.64. The molecule has 0 saturated heterocycles. The van der Waals surface area contributed by atoms with Gasteiger partial charge in [-0.15, -0.1) is 0 Å². The lowest BCUT2D eigenvalue weighted by Crippen LogP contribution is -2.13. The molecule has 0 fully saturated rings. The van der Waals surface area contributed by atoms with Gasteiger partial charge in [0.25, 0.3) is 5.91 Å². The van der Waals surface area contributed by atoms with Crippen molar-refractivity contribution in [2.45, 2.75) is 6.61 Å². The van der Waals surface area contributed by atoms with Gasteiger partial charge in [-0.1, -0.05) is 29.3 Å². The highest BCUT2D eigenvalue weighted by atomic mass is 35.5. The second kappa shape index (κ2) is 9.96. The van der Waals surface area contributed by atoms with E-state index in [0.717, 1.165) is 0 Å². The minimum atomic E-state index is -3.10. The summed E-state index contributed by atoms with van der Waals surface area (Å²) in [5.74, 6) is -1.18. The Morgan fingerprint density at radius 3 is 2.34 bits per heavy atom. The van der Waals surface area contributed by atoms with Crippen LogP contribution in [0.25, 0.3) is 6.08 Å². The molecular weight excluding hydrogens is 429 g/mol. The van der Waals surface area contributed by atoms with Gasteiger partial charge in [0.15, 0.2) is 11.5 Å². The highest BCUT2D eigenvalue weighted by molar-refractivity contribution is 6.44. The number of amides is 1. The SMILES string of the molecule is COc1cc(/C=C(\C#N)C(=O)Nc2cccc(Cl)c2Cl)cc(OC)c1OC(F)F. The molecular formula is C19H14Cl2F2N2O4. The number of carbonyl (C=O) groups excluding carboxylic acids is 1. The maximum Gasteiger partial charge on any atom is 0.387 e. The zero-order valence-corrected chi connectivity index (χ0v) is 16.6. The van der Waals surface area contributed by atoms with Crippen molar-refractivity contribution in [2.24, 2.45) is 0 Å². The molecule has 0 heterocycles. The molecule has 2 aromatic rings. The van der Waals surface area contributed by atoms with E-state index in [1.54, 1.807) is 18.2 Å². The Balaban J connectivity index is 2.40. The van der Waals surface area contributed by atoms with Gasteiger partial charge < -0.3 is 19.5 Å². The first-order chi connectivity index (χ1) is 13.8. The van der Waals surface area contributed by atoms with Crippen LogP contribution in [0.15, 0.2) is 35.9 Å². The first-order valence-electron chi connectivity index (χ1n) is 7.88. The molecule has 0 aromatic heterocycles. The number of benzene rings is 2. The molecule has 0 radical (unpaired) electrons. The Morgan fingerprint density at radius 1 is 1.21 bits per heavy atom. The van der Waals surface area contributed by atoms with Crippen molar-refractivity contribution < 1.29 is 27.8 Å². The fraction of sp³-hybridized carbons (Fsp3) is 0.158. The number of hydrogen-bond donors (Lipinski definition) is 1. The lowest BCUT2D eigenvalue weighted by Gasteiger charge is -2.14. The number of anilines is 1. The van der Waals surface area contributed by atoms with Crippen molar-refractivity contribution in [3.63, 3.8) is 0 Å². The first-order valence-corrected chi connectivity index (χ1v) is 8.64. The van der Waals surface area contributed by atoms with E-state index in [9.17, 15) is 18.8 Å². The number of halogens is 4. The molecule has 152 valence electrons. The monoisotopic (exact) mass is 442 g/mol. The lowest BCUT2D eigenvalue weighted by molar-refractivity contribution is -0.112. The molecule has 6 nitrogen and oxygen atoms in total. The first kappa shape index (κ1) is 22.3. The van der Waals surface area contributed by atoms with Crippen molar-refractivity contribution in [2.75, 3.05) is 19.5 Å². The molecule has 0 saturated carbocycles. The number of ether oxygens (including phenoxy) is 3. The smallest absolute Gasteiger partial charge is 0.387 e. The molecule has 1 amide bonds. The van der Waals surface area contributed by atoms with Crippen LogP contribution >= 0.6 is 23.2 Å². The van der Waals surface area contributed by atoms with E-state index in [2.05, 4.69) is 10.1 Å². The van der Waals surface area contributed by atoms with Gasteiger partial charge >= 0.3 is 6.61 Å². The number of alkyl halides is 2. The second-order valence-electron chi connectivity index (χ2n) is 5.36. The van der Waals surface area contributed by atoms with E-state index < -0.39 is 12.5 Å². The summed E-state index contributed by atoms with van der Waals surface area (Å²) in [7, 11) is 2.50. The van der Waals surface area contributed by atoms with Gasteiger partial charge in [0.2, 0.25) is 5.75 Å². The Bertz CT molecular complexity index is 966. The Hall–Kier alpha value is -3.02. The molecule has 29 heavy (non-hydrogen) atoms. The predicted molar refractivity (Wildman–Crippen MR) is 105 cm³/mol. The maximum atomic E-state index is 12.6.